The first-order chi connectivity index (χ1) is 13.8. The molecule has 29 heavy (non-hydrogen) atoms. The Labute approximate surface area is 169 Å². The predicted octanol–water partition coefficient (Wildman–Crippen LogP) is 5.42. The Morgan fingerprint density at radius 1 is 1.24 bits per heavy atom. The van der Waals surface area contributed by atoms with Crippen LogP contribution in [0.3, 0.4) is 0 Å². The van der Waals surface area contributed by atoms with Gasteiger partial charge in [0.25, 0.3) is 0 Å². The Bertz CT molecular complexity index is 1020. The summed E-state index contributed by atoms with van der Waals surface area (Å²) in [5.74, 6) is 0.742. The number of hydrogen-bond donors (Lipinski definition) is 1. The molecule has 0 radical (unpaired) electrons. The first kappa shape index (κ1) is 19.6. The van der Waals surface area contributed by atoms with Gasteiger partial charge in [0, 0.05) is 17.7 Å². The van der Waals surface area contributed by atoms with Crippen molar-refractivity contribution in [2.24, 2.45) is 0 Å². The Kier molecular flexibility index (Phi) is 5.12. The van der Waals surface area contributed by atoms with Crippen molar-refractivity contribution in [3.63, 3.8) is 0 Å². The second kappa shape index (κ2) is 7.58. The van der Waals surface area contributed by atoms with Crippen molar-refractivity contribution >= 4 is 22.5 Å². The molecule has 0 bridgehead atoms. The first-order valence-corrected chi connectivity index (χ1v) is 9.88. The molecule has 0 saturated heterocycles. The maximum absolute atomic E-state index is 13.5. The lowest BCUT2D eigenvalue weighted by atomic mass is 10.0. The zero-order valence-electron chi connectivity index (χ0n) is 15.7. The Morgan fingerprint density at radius 2 is 2.03 bits per heavy atom. The fraction of sp³-hybridized carbons (Fsp3) is 0.368. The van der Waals surface area contributed by atoms with E-state index in [1.165, 1.54) is 0 Å². The number of alkyl halides is 3. The minimum atomic E-state index is -4.56. The molecule has 0 spiro atoms. The van der Waals surface area contributed by atoms with E-state index >= 15 is 0 Å². The van der Waals surface area contributed by atoms with Crippen molar-refractivity contribution in [3.8, 4) is 17.3 Å². The van der Waals surface area contributed by atoms with Crippen LogP contribution in [0.1, 0.15) is 43.7 Å². The Morgan fingerprint density at radius 3 is 2.72 bits per heavy atom. The molecule has 0 atom stereocenters. The summed E-state index contributed by atoms with van der Waals surface area (Å²) in [6, 6.07) is 4.74. The van der Waals surface area contributed by atoms with E-state index < -0.39 is 11.7 Å². The number of hydrogen-bond acceptors (Lipinski definition) is 7. The Hall–Kier alpha value is -2.75. The van der Waals surface area contributed by atoms with Gasteiger partial charge in [-0.2, -0.15) is 22.5 Å². The molecule has 1 N–H and O–H groups in total. The lowest BCUT2D eigenvalue weighted by molar-refractivity contribution is -0.139. The van der Waals surface area contributed by atoms with Crippen LogP contribution < -0.4 is 10.1 Å². The average Bonchev–Trinajstić information content (AvgIpc) is 3.37. The van der Waals surface area contributed by atoms with Crippen LogP contribution in [0.25, 0.3) is 11.5 Å². The van der Waals surface area contributed by atoms with Crippen LogP contribution in [-0.4, -0.2) is 25.4 Å². The molecule has 4 rings (SSSR count). The maximum atomic E-state index is 13.5. The van der Waals surface area contributed by atoms with Gasteiger partial charge >= 0.3 is 6.18 Å². The van der Waals surface area contributed by atoms with Gasteiger partial charge in [-0.25, -0.2) is 9.97 Å². The minimum Gasteiger partial charge on any atom is -0.488 e. The summed E-state index contributed by atoms with van der Waals surface area (Å²) < 4.78 is 49.9. The molecule has 3 aromatic heterocycles. The molecule has 6 nitrogen and oxygen atoms in total. The van der Waals surface area contributed by atoms with Gasteiger partial charge in [-0.05, 0) is 36.5 Å². The molecule has 0 amide bonds. The Balaban J connectivity index is 1.61. The fourth-order valence-corrected chi connectivity index (χ4v) is 3.29. The average molecular weight is 421 g/mol. The highest BCUT2D eigenvalue weighted by atomic mass is 32.1. The monoisotopic (exact) mass is 421 g/mol. The molecular weight excluding hydrogens is 403 g/mol. The largest absolute Gasteiger partial charge is 0.488 e. The van der Waals surface area contributed by atoms with E-state index in [2.05, 4.69) is 24.6 Å². The molecule has 10 heteroatoms. The predicted molar refractivity (Wildman–Crippen MR) is 103 cm³/mol. The number of aromatic nitrogens is 4. The summed E-state index contributed by atoms with van der Waals surface area (Å²) in [5.41, 5.74) is 0.170. The van der Waals surface area contributed by atoms with Gasteiger partial charge in [0.2, 0.25) is 5.13 Å². The quantitative estimate of drug-likeness (QED) is 0.573. The third kappa shape index (κ3) is 4.47. The van der Waals surface area contributed by atoms with Crippen LogP contribution in [0.15, 0.2) is 30.6 Å². The normalized spacial score (nSPS) is 14.3. The van der Waals surface area contributed by atoms with Crippen LogP contribution in [0, 0.1) is 0 Å². The third-order valence-electron chi connectivity index (χ3n) is 4.33. The highest BCUT2D eigenvalue weighted by molar-refractivity contribution is 7.09. The van der Waals surface area contributed by atoms with Gasteiger partial charge < -0.3 is 10.1 Å². The molecule has 1 saturated carbocycles. The van der Waals surface area contributed by atoms with Gasteiger partial charge in [-0.15, -0.1) is 0 Å². The first-order valence-electron chi connectivity index (χ1n) is 9.11. The van der Waals surface area contributed by atoms with Gasteiger partial charge in [-0.3, -0.25) is 0 Å². The van der Waals surface area contributed by atoms with E-state index in [-0.39, 0.29) is 29.3 Å². The van der Waals surface area contributed by atoms with Crippen molar-refractivity contribution in [2.45, 2.75) is 44.9 Å². The van der Waals surface area contributed by atoms with Crippen LogP contribution in [0.2, 0.25) is 0 Å². The second-order valence-electron chi connectivity index (χ2n) is 7.02. The van der Waals surface area contributed by atoms with E-state index in [4.69, 9.17) is 4.74 Å². The number of rotatable bonds is 6. The number of halogens is 3. The van der Waals surface area contributed by atoms with Crippen molar-refractivity contribution < 1.29 is 17.9 Å². The lowest BCUT2D eigenvalue weighted by Crippen LogP contribution is -2.10. The molecule has 152 valence electrons. The molecule has 0 unspecified atom stereocenters. The molecule has 3 heterocycles. The zero-order valence-corrected chi connectivity index (χ0v) is 16.5. The molecule has 0 aliphatic heterocycles. The van der Waals surface area contributed by atoms with E-state index in [0.29, 0.717) is 10.9 Å². The summed E-state index contributed by atoms with van der Waals surface area (Å²) in [6.07, 6.45) is -0.447. The van der Waals surface area contributed by atoms with Crippen molar-refractivity contribution in [3.05, 3.63) is 41.7 Å². The summed E-state index contributed by atoms with van der Waals surface area (Å²) in [5, 5.41) is 3.52. The summed E-state index contributed by atoms with van der Waals surface area (Å²) in [4.78, 5) is 12.7. The zero-order chi connectivity index (χ0) is 20.6. The van der Waals surface area contributed by atoms with E-state index in [9.17, 15) is 13.2 Å². The van der Waals surface area contributed by atoms with Gasteiger partial charge in [-0.1, -0.05) is 19.9 Å². The van der Waals surface area contributed by atoms with Gasteiger partial charge in [0.05, 0.1) is 12.3 Å². The van der Waals surface area contributed by atoms with Crippen LogP contribution in [0.5, 0.6) is 5.75 Å². The smallest absolute Gasteiger partial charge is 0.420 e. The summed E-state index contributed by atoms with van der Waals surface area (Å²) in [6.45, 7) is 4.09. The topological polar surface area (TPSA) is 72.8 Å². The standard InChI is InChI=1S/C19H18F3N5OS/c1-10(2)12-4-3-7-23-16(12)25-18-26-17(27-29-18)14-8-13(19(20,21)22)15(9-24-14)28-11-5-6-11/h3-4,7-11H,5-6H2,1-2H3,(H,23,25,26,27). The number of nitrogens with zero attached hydrogens (tertiary/aromatic N) is 4. The fourth-order valence-electron chi connectivity index (χ4n) is 2.71. The second-order valence-corrected chi connectivity index (χ2v) is 7.78. The van der Waals surface area contributed by atoms with Gasteiger partial charge in [0.1, 0.15) is 22.8 Å². The molecule has 1 aliphatic rings. The van der Waals surface area contributed by atoms with Crippen LogP contribution in [-0.2, 0) is 6.18 Å². The van der Waals surface area contributed by atoms with Gasteiger partial charge in [0.15, 0.2) is 5.82 Å². The highest BCUT2D eigenvalue weighted by Gasteiger charge is 2.37. The van der Waals surface area contributed by atoms with E-state index in [0.717, 1.165) is 42.2 Å². The minimum absolute atomic E-state index is 0.0369. The van der Waals surface area contributed by atoms with Crippen molar-refractivity contribution in [1.82, 2.24) is 19.3 Å². The van der Waals surface area contributed by atoms with Crippen LogP contribution in [0.4, 0.5) is 24.1 Å². The molecule has 1 aliphatic carbocycles. The summed E-state index contributed by atoms with van der Waals surface area (Å²) in [7, 11) is 0. The molecule has 0 aromatic carbocycles. The highest BCUT2D eigenvalue weighted by Crippen LogP contribution is 2.40. The van der Waals surface area contributed by atoms with Crippen molar-refractivity contribution in [2.75, 3.05) is 5.32 Å². The number of ether oxygens (including phenoxy) is 1. The molecule has 3 aromatic rings. The van der Waals surface area contributed by atoms with E-state index in [1.807, 2.05) is 26.0 Å². The van der Waals surface area contributed by atoms with Crippen LogP contribution >= 0.6 is 11.5 Å². The lowest BCUT2D eigenvalue weighted by Gasteiger charge is -2.13. The van der Waals surface area contributed by atoms with E-state index in [1.54, 1.807) is 6.20 Å². The maximum Gasteiger partial charge on any atom is 0.420 e. The molecular formula is C19H18F3N5OS. The molecule has 1 fully saturated rings. The summed E-state index contributed by atoms with van der Waals surface area (Å²) >= 11 is 1.03. The number of anilines is 2. The number of pyridine rings is 2. The third-order valence-corrected chi connectivity index (χ3v) is 4.96. The van der Waals surface area contributed by atoms with Crippen molar-refractivity contribution in [1.29, 1.82) is 0 Å². The number of nitrogens with one attached hydrogen (secondary N) is 1. The SMILES string of the molecule is CC(C)c1cccnc1Nc1nc(-c2cc(C(F)(F)F)c(OC3CC3)cn2)ns1.